The van der Waals surface area contributed by atoms with E-state index in [0.29, 0.717) is 5.41 Å². The maximum atomic E-state index is 8.98. The number of hydrogen-bond acceptors (Lipinski definition) is 3. The van der Waals surface area contributed by atoms with Crippen LogP contribution in [-0.4, -0.2) is 57.8 Å². The predicted molar refractivity (Wildman–Crippen MR) is 188 cm³/mol. The summed E-state index contributed by atoms with van der Waals surface area (Å²) in [5, 5.41) is 16.7. The molecule has 2 aliphatic rings. The van der Waals surface area contributed by atoms with Gasteiger partial charge in [0.25, 0.3) is 0 Å². The Morgan fingerprint density at radius 1 is 0.814 bits per heavy atom. The first-order valence-corrected chi connectivity index (χ1v) is 17.1. The third kappa shape index (κ3) is 13.2. The van der Waals surface area contributed by atoms with E-state index in [1.165, 1.54) is 38.5 Å². The molecule has 250 valence electrons. The van der Waals surface area contributed by atoms with Gasteiger partial charge in [0.1, 0.15) is 0 Å². The molecule has 2 rings (SSSR count). The van der Waals surface area contributed by atoms with Gasteiger partial charge < -0.3 is 21.3 Å². The number of nitrogens with one attached hydrogen (secondary N) is 3. The third-order valence-electron chi connectivity index (χ3n) is 9.25. The Balaban J connectivity index is 2.06. The largest absolute Gasteiger partial charge is 0.368 e. The normalized spacial score (nSPS) is 23.8. The molecule has 0 bridgehead atoms. The Morgan fingerprint density at radius 3 is 1.74 bits per heavy atom. The Bertz CT molecular complexity index is 943. The van der Waals surface area contributed by atoms with Crippen molar-refractivity contribution in [3.8, 4) is 0 Å². The van der Waals surface area contributed by atoms with Gasteiger partial charge in [-0.2, -0.15) is 4.99 Å². The van der Waals surface area contributed by atoms with Gasteiger partial charge in [0, 0.05) is 41.0 Å². The fourth-order valence-electron chi connectivity index (χ4n) is 8.47. The number of rotatable bonds is 9. The molecule has 0 spiro atoms. The summed E-state index contributed by atoms with van der Waals surface area (Å²) in [6.45, 7) is 33.0. The van der Waals surface area contributed by atoms with E-state index in [-0.39, 0.29) is 45.5 Å². The summed E-state index contributed by atoms with van der Waals surface area (Å²) in [6, 6.07) is 0.235. The van der Waals surface area contributed by atoms with Crippen molar-refractivity contribution in [1.82, 2.24) is 15.5 Å². The molecule has 1 unspecified atom stereocenters. The SMILES string of the molecule is CC(C)(C)/C=N/C(N)=N\C(=N)N(CCCCCCC(C1CC(C)(C)NC(C)(C)C1)C(C)(C)C)C1CC(C)(C)NC(C)(C)C1. The van der Waals surface area contributed by atoms with Crippen LogP contribution < -0.4 is 16.4 Å². The van der Waals surface area contributed by atoms with Gasteiger partial charge in [-0.3, -0.25) is 5.41 Å². The van der Waals surface area contributed by atoms with Crippen molar-refractivity contribution in [2.45, 2.75) is 183 Å². The van der Waals surface area contributed by atoms with Crippen LogP contribution in [0, 0.1) is 28.1 Å². The van der Waals surface area contributed by atoms with Gasteiger partial charge in [0.05, 0.1) is 0 Å². The first kappa shape index (κ1) is 37.7. The fraction of sp³-hybridized carbons (Fsp3) is 0.917. The average molecular weight is 602 g/mol. The zero-order valence-corrected chi connectivity index (χ0v) is 30.8. The first-order chi connectivity index (χ1) is 19.3. The van der Waals surface area contributed by atoms with Gasteiger partial charge in [0.15, 0.2) is 0 Å². The highest BCUT2D eigenvalue weighted by atomic mass is 15.3. The minimum absolute atomic E-state index is 0.00959. The number of piperidine rings is 2. The molecule has 0 amide bonds. The van der Waals surface area contributed by atoms with Gasteiger partial charge in [-0.25, -0.2) is 4.99 Å². The highest BCUT2D eigenvalue weighted by Crippen LogP contribution is 2.45. The highest BCUT2D eigenvalue weighted by Gasteiger charge is 2.43. The van der Waals surface area contributed by atoms with Crippen molar-refractivity contribution in [3.05, 3.63) is 0 Å². The molecule has 2 aliphatic heterocycles. The van der Waals surface area contributed by atoms with Gasteiger partial charge in [-0.05, 0) is 117 Å². The fourth-order valence-corrected chi connectivity index (χ4v) is 8.47. The number of unbranched alkanes of at least 4 members (excludes halogenated alkanes) is 3. The van der Waals surface area contributed by atoms with E-state index in [1.54, 1.807) is 0 Å². The smallest absolute Gasteiger partial charge is 0.222 e. The van der Waals surface area contributed by atoms with Crippen molar-refractivity contribution >= 4 is 18.1 Å². The molecular weight excluding hydrogens is 530 g/mol. The second-order valence-electron chi connectivity index (χ2n) is 18.8. The number of guanidine groups is 2. The molecule has 1 atom stereocenters. The van der Waals surface area contributed by atoms with Crippen molar-refractivity contribution in [1.29, 1.82) is 5.41 Å². The second-order valence-corrected chi connectivity index (χ2v) is 18.8. The van der Waals surface area contributed by atoms with Crippen LogP contribution in [0.25, 0.3) is 0 Å². The van der Waals surface area contributed by atoms with Crippen molar-refractivity contribution in [2.75, 3.05) is 6.54 Å². The van der Waals surface area contributed by atoms with Crippen LogP contribution in [0.15, 0.2) is 9.98 Å². The molecule has 0 aromatic carbocycles. The summed E-state index contributed by atoms with van der Waals surface area (Å²) in [6.07, 6.45) is 12.3. The quantitative estimate of drug-likeness (QED) is 0.122. The Kier molecular flexibility index (Phi) is 12.2. The van der Waals surface area contributed by atoms with Crippen molar-refractivity contribution in [3.63, 3.8) is 0 Å². The van der Waals surface area contributed by atoms with E-state index in [1.807, 2.05) is 6.21 Å². The minimum Gasteiger partial charge on any atom is -0.368 e. The summed E-state index contributed by atoms with van der Waals surface area (Å²) < 4.78 is 0. The molecule has 0 aliphatic carbocycles. The third-order valence-corrected chi connectivity index (χ3v) is 9.25. The minimum atomic E-state index is -0.0859. The monoisotopic (exact) mass is 602 g/mol. The van der Waals surface area contributed by atoms with Crippen molar-refractivity contribution in [2.24, 2.45) is 38.4 Å². The van der Waals surface area contributed by atoms with Gasteiger partial charge in [-0.1, -0.05) is 60.8 Å². The molecular formula is C36H71N7. The lowest BCUT2D eigenvalue weighted by Gasteiger charge is -2.51. The number of nitrogens with zero attached hydrogens (tertiary/aromatic N) is 3. The molecule has 0 aromatic rings. The van der Waals surface area contributed by atoms with E-state index in [4.69, 9.17) is 11.1 Å². The van der Waals surface area contributed by atoms with Gasteiger partial charge in [-0.15, -0.1) is 0 Å². The lowest BCUT2D eigenvalue weighted by Crippen LogP contribution is -2.62. The number of hydrogen-bond donors (Lipinski definition) is 4. The highest BCUT2D eigenvalue weighted by molar-refractivity contribution is 5.96. The topological polar surface area (TPSA) is 102 Å². The summed E-state index contributed by atoms with van der Waals surface area (Å²) in [4.78, 5) is 11.0. The molecule has 2 saturated heterocycles. The first-order valence-electron chi connectivity index (χ1n) is 17.1. The number of nitrogens with two attached hydrogens (primary N) is 1. The molecule has 7 heteroatoms. The summed E-state index contributed by atoms with van der Waals surface area (Å²) in [7, 11) is 0. The standard InChI is InChI=1S/C36H71N7/c1-31(2,3)25-39-29(37)40-30(38)43(27-23-35(11,12)42-36(13,14)24-27)20-18-16-15-17-19-28(32(4,5)6)26-21-33(7,8)41-34(9,10)22-26/h25-28,41-42H,15-24H2,1-14H3,(H3,37,38,40)/b39-25+. The van der Waals surface area contributed by atoms with Crippen LogP contribution in [0.3, 0.4) is 0 Å². The van der Waals surface area contributed by atoms with Gasteiger partial charge in [0.2, 0.25) is 11.9 Å². The van der Waals surface area contributed by atoms with Crippen molar-refractivity contribution < 1.29 is 0 Å². The van der Waals surface area contributed by atoms with Crippen LogP contribution in [0.2, 0.25) is 0 Å². The van der Waals surface area contributed by atoms with Crippen LogP contribution in [-0.2, 0) is 0 Å². The summed E-state index contributed by atoms with van der Waals surface area (Å²) >= 11 is 0. The Labute approximate surface area is 266 Å². The lowest BCUT2D eigenvalue weighted by atomic mass is 9.62. The molecule has 43 heavy (non-hydrogen) atoms. The van der Waals surface area contributed by atoms with Crippen LogP contribution in [0.4, 0.5) is 0 Å². The van der Waals surface area contributed by atoms with Crippen LogP contribution in [0.5, 0.6) is 0 Å². The molecule has 0 aromatic heterocycles. The summed E-state index contributed by atoms with van der Waals surface area (Å²) in [5.74, 6) is 1.88. The molecule has 0 radical (unpaired) electrons. The Morgan fingerprint density at radius 2 is 1.28 bits per heavy atom. The van der Waals surface area contributed by atoms with Crippen LogP contribution in [0.1, 0.15) is 155 Å². The maximum absolute atomic E-state index is 8.98. The maximum Gasteiger partial charge on any atom is 0.222 e. The van der Waals surface area contributed by atoms with E-state index in [0.717, 1.165) is 37.6 Å². The van der Waals surface area contributed by atoms with E-state index in [2.05, 4.69) is 122 Å². The zero-order chi connectivity index (χ0) is 33.1. The summed E-state index contributed by atoms with van der Waals surface area (Å²) in [5.41, 5.74) is 6.75. The average Bonchev–Trinajstić information content (AvgIpc) is 2.73. The molecule has 5 N–H and O–H groups in total. The van der Waals surface area contributed by atoms with E-state index in [9.17, 15) is 0 Å². The second kappa shape index (κ2) is 13.9. The molecule has 2 heterocycles. The zero-order valence-electron chi connectivity index (χ0n) is 30.8. The lowest BCUT2D eigenvalue weighted by molar-refractivity contribution is 0.0408. The van der Waals surface area contributed by atoms with Crippen LogP contribution >= 0.6 is 0 Å². The molecule has 2 fully saturated rings. The van der Waals surface area contributed by atoms with E-state index < -0.39 is 0 Å². The predicted octanol–water partition coefficient (Wildman–Crippen LogP) is 8.13. The molecule has 0 saturated carbocycles. The van der Waals surface area contributed by atoms with E-state index >= 15 is 0 Å². The molecule has 7 nitrogen and oxygen atoms in total. The Hall–Kier alpha value is -1.47. The van der Waals surface area contributed by atoms with Gasteiger partial charge >= 0.3 is 0 Å². The number of aliphatic imine (C=N–C) groups is 2.